The van der Waals surface area contributed by atoms with Crippen LogP contribution in [0.1, 0.15) is 42.6 Å². The van der Waals surface area contributed by atoms with E-state index in [-0.39, 0.29) is 24.1 Å². The summed E-state index contributed by atoms with van der Waals surface area (Å²) < 4.78 is 3.80. The summed E-state index contributed by atoms with van der Waals surface area (Å²) in [5, 5.41) is 21.4. The number of anilines is 1. The molecule has 0 aliphatic heterocycles. The zero-order valence-electron chi connectivity index (χ0n) is 18.0. The molecule has 2 aliphatic rings. The van der Waals surface area contributed by atoms with Crippen molar-refractivity contribution in [1.82, 2.24) is 29.5 Å². The Hall–Kier alpha value is -3.46. The van der Waals surface area contributed by atoms with E-state index in [1.165, 1.54) is 0 Å². The summed E-state index contributed by atoms with van der Waals surface area (Å²) in [6.07, 6.45) is 7.63. The summed E-state index contributed by atoms with van der Waals surface area (Å²) in [4.78, 5) is 22.4. The number of fused-ring (bicyclic) bond motifs is 2. The van der Waals surface area contributed by atoms with Crippen LogP contribution in [-0.4, -0.2) is 54.4 Å². The van der Waals surface area contributed by atoms with Crippen molar-refractivity contribution in [3.05, 3.63) is 42.4 Å². The molecule has 0 aromatic carbocycles. The summed E-state index contributed by atoms with van der Waals surface area (Å²) in [6.45, 7) is 2.13. The number of aliphatic hydroxyl groups is 1. The Balaban J connectivity index is 1.48. The van der Waals surface area contributed by atoms with Crippen LogP contribution in [-0.2, 0) is 0 Å². The molecule has 6 rings (SSSR count). The van der Waals surface area contributed by atoms with Crippen molar-refractivity contribution in [3.8, 4) is 11.3 Å². The first-order chi connectivity index (χ1) is 15.5. The van der Waals surface area contributed by atoms with Crippen molar-refractivity contribution in [2.45, 2.75) is 44.4 Å². The number of aromatic nitrogens is 5. The largest absolute Gasteiger partial charge is 0.393 e. The molecule has 4 aromatic rings. The molecule has 3 N–H and O–H groups in total. The van der Waals surface area contributed by atoms with Crippen LogP contribution in [0.25, 0.3) is 27.9 Å². The summed E-state index contributed by atoms with van der Waals surface area (Å²) in [6, 6.07) is 6.34. The fourth-order valence-electron chi connectivity index (χ4n) is 4.56. The minimum Gasteiger partial charge on any atom is -0.393 e. The fraction of sp³-hybridized carbons (Fsp3) is 0.391. The highest BCUT2D eigenvalue weighted by Crippen LogP contribution is 2.39. The molecule has 0 saturated heterocycles. The van der Waals surface area contributed by atoms with Gasteiger partial charge in [0.15, 0.2) is 5.65 Å². The molecule has 9 heteroatoms. The maximum absolute atomic E-state index is 12.9. The van der Waals surface area contributed by atoms with E-state index in [0.29, 0.717) is 17.1 Å². The number of pyridine rings is 1. The van der Waals surface area contributed by atoms with Gasteiger partial charge in [0.25, 0.3) is 5.91 Å². The number of hydrogen-bond acceptors (Lipinski definition) is 6. The van der Waals surface area contributed by atoms with Crippen molar-refractivity contribution in [3.63, 3.8) is 0 Å². The topological polar surface area (TPSA) is 109 Å². The number of carbonyl (C=O) groups excluding carboxylic acids is 1. The minimum atomic E-state index is -0.253. The van der Waals surface area contributed by atoms with Gasteiger partial charge in [0.05, 0.1) is 18.0 Å². The highest BCUT2D eigenvalue weighted by Gasteiger charge is 2.35. The minimum absolute atomic E-state index is 0.145. The average Bonchev–Trinajstić information content (AvgIpc) is 3.16. The van der Waals surface area contributed by atoms with Gasteiger partial charge in [-0.15, -0.1) is 0 Å². The number of amides is 1. The monoisotopic (exact) mass is 431 g/mol. The first kappa shape index (κ1) is 19.2. The van der Waals surface area contributed by atoms with Gasteiger partial charge in [-0.1, -0.05) is 6.92 Å². The van der Waals surface area contributed by atoms with Crippen LogP contribution >= 0.6 is 0 Å². The second-order valence-corrected chi connectivity index (χ2v) is 8.97. The Morgan fingerprint density at radius 1 is 1.25 bits per heavy atom. The first-order valence-electron chi connectivity index (χ1n) is 11.0. The molecule has 0 bridgehead atoms. The lowest BCUT2D eigenvalue weighted by molar-refractivity contribution is 0.0501. The smallest absolute Gasteiger partial charge is 0.256 e. The quantitative estimate of drug-likeness (QED) is 0.448. The van der Waals surface area contributed by atoms with Crippen LogP contribution in [0.15, 0.2) is 36.8 Å². The molecule has 4 aromatic heterocycles. The third kappa shape index (κ3) is 2.96. The van der Waals surface area contributed by atoms with Crippen LogP contribution in [0.5, 0.6) is 0 Å². The van der Waals surface area contributed by atoms with E-state index < -0.39 is 0 Å². The van der Waals surface area contributed by atoms with Gasteiger partial charge < -0.3 is 20.3 Å². The van der Waals surface area contributed by atoms with Gasteiger partial charge in [0, 0.05) is 48.5 Å². The number of carbonyl (C=O) groups is 1. The van der Waals surface area contributed by atoms with Crippen LogP contribution in [0, 0.1) is 5.92 Å². The molecule has 32 heavy (non-hydrogen) atoms. The van der Waals surface area contributed by atoms with E-state index in [9.17, 15) is 9.90 Å². The molecule has 9 nitrogen and oxygen atoms in total. The van der Waals surface area contributed by atoms with Gasteiger partial charge in [0.1, 0.15) is 17.0 Å². The second-order valence-electron chi connectivity index (χ2n) is 8.97. The van der Waals surface area contributed by atoms with Gasteiger partial charge >= 0.3 is 0 Å². The maximum Gasteiger partial charge on any atom is 0.256 e. The Labute approximate surface area is 184 Å². The Morgan fingerprint density at radius 3 is 2.78 bits per heavy atom. The lowest BCUT2D eigenvalue weighted by Crippen LogP contribution is -2.30. The second kappa shape index (κ2) is 7.03. The van der Waals surface area contributed by atoms with Gasteiger partial charge in [-0.3, -0.25) is 4.79 Å². The number of nitrogens with one attached hydrogen (secondary N) is 2. The number of hydrogen-bond donors (Lipinski definition) is 3. The number of rotatable bonds is 5. The van der Waals surface area contributed by atoms with E-state index in [4.69, 9.17) is 4.98 Å². The zero-order valence-corrected chi connectivity index (χ0v) is 18.0. The molecule has 0 spiro atoms. The first-order valence-corrected chi connectivity index (χ1v) is 11.0. The third-order valence-corrected chi connectivity index (χ3v) is 6.75. The molecular weight excluding hydrogens is 406 g/mol. The maximum atomic E-state index is 12.9. The van der Waals surface area contributed by atoms with E-state index in [1.54, 1.807) is 16.9 Å². The van der Waals surface area contributed by atoms with Crippen LogP contribution in [0.3, 0.4) is 0 Å². The predicted molar refractivity (Wildman–Crippen MR) is 121 cm³/mol. The highest BCUT2D eigenvalue weighted by molar-refractivity contribution is 6.01. The molecule has 4 heterocycles. The highest BCUT2D eigenvalue weighted by atomic mass is 16.3. The molecule has 2 fully saturated rings. The Kier molecular flexibility index (Phi) is 4.23. The fourth-order valence-corrected chi connectivity index (χ4v) is 4.56. The molecule has 2 aliphatic carbocycles. The Morgan fingerprint density at radius 2 is 2.06 bits per heavy atom. The number of aliphatic hydroxyl groups excluding tert-OH is 1. The molecule has 2 saturated carbocycles. The van der Waals surface area contributed by atoms with E-state index >= 15 is 0 Å². The van der Waals surface area contributed by atoms with Crippen LogP contribution < -0.4 is 10.6 Å². The lowest BCUT2D eigenvalue weighted by atomic mass is 9.89. The molecule has 0 unspecified atom stereocenters. The lowest BCUT2D eigenvalue weighted by Gasteiger charge is -2.32. The van der Waals surface area contributed by atoms with Crippen molar-refractivity contribution >= 4 is 28.4 Å². The summed E-state index contributed by atoms with van der Waals surface area (Å²) in [5.74, 6) is 1.11. The average molecular weight is 432 g/mol. The molecule has 2 atom stereocenters. The van der Waals surface area contributed by atoms with Gasteiger partial charge in [-0.25, -0.2) is 9.97 Å². The van der Waals surface area contributed by atoms with E-state index in [0.717, 1.165) is 47.4 Å². The van der Waals surface area contributed by atoms with Crippen LogP contribution in [0.4, 0.5) is 5.82 Å². The van der Waals surface area contributed by atoms with Crippen molar-refractivity contribution < 1.29 is 9.90 Å². The summed E-state index contributed by atoms with van der Waals surface area (Å²) in [5.41, 5.74) is 3.54. The van der Waals surface area contributed by atoms with E-state index in [1.807, 2.05) is 25.2 Å². The predicted octanol–water partition coefficient (Wildman–Crippen LogP) is 2.62. The van der Waals surface area contributed by atoms with Crippen molar-refractivity contribution in [2.75, 3.05) is 12.4 Å². The summed E-state index contributed by atoms with van der Waals surface area (Å²) >= 11 is 0. The molecule has 164 valence electrons. The summed E-state index contributed by atoms with van der Waals surface area (Å²) in [7, 11) is 1.83. The van der Waals surface area contributed by atoms with Gasteiger partial charge in [0.2, 0.25) is 0 Å². The van der Waals surface area contributed by atoms with E-state index in [2.05, 4.69) is 38.4 Å². The van der Waals surface area contributed by atoms with Crippen molar-refractivity contribution in [2.24, 2.45) is 5.92 Å². The SMILES string of the molecule is CNc1cc(-c2cn(C3CC(O)C3)c3ncccc23)nc2c(C(=O)N[C@@H]3C[C@@H]3C)cnn12. The zero-order chi connectivity index (χ0) is 22.0. The van der Waals surface area contributed by atoms with Crippen molar-refractivity contribution in [1.29, 1.82) is 0 Å². The number of nitrogens with zero attached hydrogens (tertiary/aromatic N) is 5. The normalized spacial score (nSPS) is 24.5. The Bertz CT molecular complexity index is 1350. The molecule has 1 amide bonds. The third-order valence-electron chi connectivity index (χ3n) is 6.75. The van der Waals surface area contributed by atoms with Crippen LogP contribution in [0.2, 0.25) is 0 Å². The van der Waals surface area contributed by atoms with Gasteiger partial charge in [-0.2, -0.15) is 9.61 Å². The molecular formula is C23H25N7O2. The molecule has 0 radical (unpaired) electrons. The standard InChI is InChI=1S/C23H25N7O2/c1-12-6-18(12)28-23(32)16-10-26-30-20(24-2)9-19(27-22(16)30)17-11-29(13-7-14(31)8-13)21-15(17)4-3-5-25-21/h3-5,9-14,18,24,31H,6-8H2,1-2H3,(H,28,32)/t12-,13?,14?,18+/m0/s1. The van der Waals surface area contributed by atoms with Gasteiger partial charge in [-0.05, 0) is 37.3 Å².